The third-order valence-electron chi connectivity index (χ3n) is 3.06. The number of hydrogen-bond donors (Lipinski definition) is 2. The van der Waals surface area contributed by atoms with Crippen LogP contribution in [-0.2, 0) is 4.79 Å². The maximum atomic E-state index is 11.8. The number of nitrogens with one attached hydrogen (secondary N) is 1. The van der Waals surface area contributed by atoms with Gasteiger partial charge in [-0.15, -0.1) is 0 Å². The number of unbranched alkanes of at least 4 members (excludes halogenated alkanes) is 3. The Morgan fingerprint density at radius 1 is 1.00 bits per heavy atom. The molecule has 0 radical (unpaired) electrons. The molecule has 0 aliphatic heterocycles. The number of aryl methyl sites for hydroxylation is 1. The second-order valence-electron chi connectivity index (χ2n) is 4.74. The summed E-state index contributed by atoms with van der Waals surface area (Å²) in [6.45, 7) is 2.00. The SMILES string of the molecule is Cc1ccc(C(=O)CCCCCCC(=O)NO)cc1. The first kappa shape index (κ1) is 15.4. The van der Waals surface area contributed by atoms with Crippen molar-refractivity contribution < 1.29 is 14.8 Å². The van der Waals surface area contributed by atoms with Gasteiger partial charge in [-0.1, -0.05) is 42.7 Å². The Labute approximate surface area is 113 Å². The fourth-order valence-electron chi connectivity index (χ4n) is 1.86. The normalized spacial score (nSPS) is 10.2. The monoisotopic (exact) mass is 263 g/mol. The van der Waals surface area contributed by atoms with Crippen LogP contribution in [0.4, 0.5) is 0 Å². The molecule has 0 aliphatic rings. The van der Waals surface area contributed by atoms with Crippen LogP contribution in [0.15, 0.2) is 24.3 Å². The van der Waals surface area contributed by atoms with Crippen molar-refractivity contribution in [1.82, 2.24) is 5.48 Å². The average molecular weight is 263 g/mol. The lowest BCUT2D eigenvalue weighted by atomic mass is 10.0. The van der Waals surface area contributed by atoms with E-state index in [1.807, 2.05) is 31.2 Å². The van der Waals surface area contributed by atoms with Crippen LogP contribution in [0.3, 0.4) is 0 Å². The van der Waals surface area contributed by atoms with E-state index in [1.54, 1.807) is 5.48 Å². The van der Waals surface area contributed by atoms with Crippen LogP contribution < -0.4 is 5.48 Å². The molecule has 104 valence electrons. The minimum Gasteiger partial charge on any atom is -0.294 e. The Morgan fingerprint density at radius 3 is 2.16 bits per heavy atom. The smallest absolute Gasteiger partial charge is 0.243 e. The number of amides is 1. The number of carbonyl (C=O) groups is 2. The first-order valence-electron chi connectivity index (χ1n) is 6.66. The molecule has 1 amide bonds. The maximum absolute atomic E-state index is 11.8. The Kier molecular flexibility index (Phi) is 6.82. The summed E-state index contributed by atoms with van der Waals surface area (Å²) in [4.78, 5) is 22.6. The van der Waals surface area contributed by atoms with Gasteiger partial charge in [-0.25, -0.2) is 5.48 Å². The molecular formula is C15H21NO3. The van der Waals surface area contributed by atoms with Gasteiger partial charge in [0.15, 0.2) is 5.78 Å². The molecule has 0 aliphatic carbocycles. The summed E-state index contributed by atoms with van der Waals surface area (Å²) in [7, 11) is 0. The number of hydroxylamine groups is 1. The van der Waals surface area contributed by atoms with Crippen molar-refractivity contribution in [3.63, 3.8) is 0 Å². The molecule has 0 saturated heterocycles. The minimum atomic E-state index is -0.351. The number of carbonyl (C=O) groups excluding carboxylic acids is 2. The molecule has 4 nitrogen and oxygen atoms in total. The summed E-state index contributed by atoms with van der Waals surface area (Å²) in [6, 6.07) is 7.62. The summed E-state index contributed by atoms with van der Waals surface area (Å²) in [5.41, 5.74) is 3.53. The molecule has 0 unspecified atom stereocenters. The lowest BCUT2D eigenvalue weighted by Gasteiger charge is -2.02. The van der Waals surface area contributed by atoms with E-state index < -0.39 is 0 Å². The van der Waals surface area contributed by atoms with Gasteiger partial charge in [0.2, 0.25) is 5.91 Å². The highest BCUT2D eigenvalue weighted by Crippen LogP contribution is 2.11. The third kappa shape index (κ3) is 6.15. The third-order valence-corrected chi connectivity index (χ3v) is 3.06. The van der Waals surface area contributed by atoms with E-state index in [2.05, 4.69) is 0 Å². The molecule has 0 aromatic heterocycles. The van der Waals surface area contributed by atoms with Crippen molar-refractivity contribution in [3.8, 4) is 0 Å². The Morgan fingerprint density at radius 2 is 1.58 bits per heavy atom. The Hall–Kier alpha value is -1.68. The molecule has 1 aromatic rings. The van der Waals surface area contributed by atoms with Crippen molar-refractivity contribution >= 4 is 11.7 Å². The van der Waals surface area contributed by atoms with E-state index in [4.69, 9.17) is 5.21 Å². The van der Waals surface area contributed by atoms with Crippen LogP contribution in [-0.4, -0.2) is 16.9 Å². The number of Topliss-reactive ketones (excluding diaryl/α,β-unsaturated/α-hetero) is 1. The maximum Gasteiger partial charge on any atom is 0.243 e. The van der Waals surface area contributed by atoms with E-state index in [0.29, 0.717) is 12.8 Å². The van der Waals surface area contributed by atoms with Gasteiger partial charge in [0, 0.05) is 18.4 Å². The molecule has 0 fully saturated rings. The number of ketones is 1. The van der Waals surface area contributed by atoms with Crippen LogP contribution in [0, 0.1) is 6.92 Å². The Bertz CT molecular complexity index is 412. The van der Waals surface area contributed by atoms with Gasteiger partial charge in [-0.3, -0.25) is 14.8 Å². The molecule has 0 atom stereocenters. The predicted octanol–water partition coefficient (Wildman–Crippen LogP) is 3.02. The summed E-state index contributed by atoms with van der Waals surface area (Å²) in [6.07, 6.45) is 4.29. The van der Waals surface area contributed by atoms with Gasteiger partial charge in [-0.2, -0.15) is 0 Å². The molecule has 2 N–H and O–H groups in total. The molecule has 0 bridgehead atoms. The number of rotatable bonds is 8. The molecule has 0 heterocycles. The predicted molar refractivity (Wildman–Crippen MR) is 73.1 cm³/mol. The fourth-order valence-corrected chi connectivity index (χ4v) is 1.86. The molecule has 19 heavy (non-hydrogen) atoms. The van der Waals surface area contributed by atoms with E-state index in [-0.39, 0.29) is 11.7 Å². The van der Waals surface area contributed by atoms with Crippen LogP contribution in [0.25, 0.3) is 0 Å². The number of hydrogen-bond acceptors (Lipinski definition) is 3. The zero-order valence-electron chi connectivity index (χ0n) is 11.3. The van der Waals surface area contributed by atoms with Gasteiger partial charge in [0.05, 0.1) is 0 Å². The highest BCUT2D eigenvalue weighted by molar-refractivity contribution is 5.96. The van der Waals surface area contributed by atoms with E-state index >= 15 is 0 Å². The first-order valence-corrected chi connectivity index (χ1v) is 6.66. The molecule has 0 spiro atoms. The summed E-state index contributed by atoms with van der Waals surface area (Å²) in [5.74, 6) is -0.177. The average Bonchev–Trinajstić information content (AvgIpc) is 2.42. The summed E-state index contributed by atoms with van der Waals surface area (Å²) < 4.78 is 0. The molecule has 4 heteroatoms. The van der Waals surface area contributed by atoms with Crippen LogP contribution >= 0.6 is 0 Å². The van der Waals surface area contributed by atoms with Crippen molar-refractivity contribution in [1.29, 1.82) is 0 Å². The second kappa shape index (κ2) is 8.43. The summed E-state index contributed by atoms with van der Waals surface area (Å²) in [5, 5.41) is 8.31. The molecule has 1 aromatic carbocycles. The lowest BCUT2D eigenvalue weighted by molar-refractivity contribution is -0.129. The van der Waals surface area contributed by atoms with Crippen molar-refractivity contribution in [3.05, 3.63) is 35.4 Å². The zero-order valence-corrected chi connectivity index (χ0v) is 11.3. The standard InChI is InChI=1S/C15H21NO3/c1-12-8-10-13(11-9-12)14(17)6-4-2-3-5-7-15(18)16-19/h8-11,19H,2-7H2,1H3,(H,16,18). The zero-order chi connectivity index (χ0) is 14.1. The van der Waals surface area contributed by atoms with Crippen molar-refractivity contribution in [2.45, 2.75) is 45.4 Å². The molecular weight excluding hydrogens is 242 g/mol. The van der Waals surface area contributed by atoms with E-state index in [1.165, 1.54) is 0 Å². The Balaban J connectivity index is 2.14. The largest absolute Gasteiger partial charge is 0.294 e. The fraction of sp³-hybridized carbons (Fsp3) is 0.467. The first-order chi connectivity index (χ1) is 9.13. The minimum absolute atomic E-state index is 0.174. The van der Waals surface area contributed by atoms with Gasteiger partial charge in [0.1, 0.15) is 0 Å². The van der Waals surface area contributed by atoms with E-state index in [0.717, 1.165) is 36.8 Å². The highest BCUT2D eigenvalue weighted by Gasteiger charge is 2.05. The van der Waals surface area contributed by atoms with Gasteiger partial charge in [-0.05, 0) is 19.8 Å². The van der Waals surface area contributed by atoms with Gasteiger partial charge >= 0.3 is 0 Å². The second-order valence-corrected chi connectivity index (χ2v) is 4.74. The highest BCUT2D eigenvalue weighted by atomic mass is 16.5. The van der Waals surface area contributed by atoms with E-state index in [9.17, 15) is 9.59 Å². The van der Waals surface area contributed by atoms with Gasteiger partial charge in [0.25, 0.3) is 0 Å². The number of benzene rings is 1. The summed E-state index contributed by atoms with van der Waals surface area (Å²) >= 11 is 0. The molecule has 1 rings (SSSR count). The quantitative estimate of drug-likeness (QED) is 0.328. The van der Waals surface area contributed by atoms with Crippen LogP contribution in [0.1, 0.15) is 54.4 Å². The molecule has 0 saturated carbocycles. The van der Waals surface area contributed by atoms with Crippen molar-refractivity contribution in [2.75, 3.05) is 0 Å². The topological polar surface area (TPSA) is 66.4 Å². The van der Waals surface area contributed by atoms with Crippen molar-refractivity contribution in [2.24, 2.45) is 0 Å². The van der Waals surface area contributed by atoms with Gasteiger partial charge < -0.3 is 0 Å². The van der Waals surface area contributed by atoms with Crippen LogP contribution in [0.5, 0.6) is 0 Å². The van der Waals surface area contributed by atoms with Crippen LogP contribution in [0.2, 0.25) is 0 Å². The lowest BCUT2D eigenvalue weighted by Crippen LogP contribution is -2.17.